The van der Waals surface area contributed by atoms with Crippen LogP contribution in [0.15, 0.2) is 50.6 Å². The number of halogens is 1. The van der Waals surface area contributed by atoms with Crippen molar-refractivity contribution in [3.05, 3.63) is 52.3 Å². The van der Waals surface area contributed by atoms with Gasteiger partial charge in [0.25, 0.3) is 0 Å². The summed E-state index contributed by atoms with van der Waals surface area (Å²) in [5.74, 6) is 0.969. The first kappa shape index (κ1) is 19.9. The highest BCUT2D eigenvalue weighted by Gasteiger charge is 2.25. The van der Waals surface area contributed by atoms with E-state index in [0.717, 1.165) is 55.4 Å². The van der Waals surface area contributed by atoms with E-state index in [2.05, 4.69) is 79.3 Å². The van der Waals surface area contributed by atoms with Crippen molar-refractivity contribution < 1.29 is 4.52 Å². The molecule has 1 fully saturated rings. The minimum atomic E-state index is -0.00912. The lowest BCUT2D eigenvalue weighted by molar-refractivity contribution is 0.168. The number of hydrogen-bond acceptors (Lipinski definition) is 4. The molecule has 1 aliphatic heterocycles. The highest BCUT2D eigenvalue weighted by atomic mass is 79.9. The largest absolute Gasteiger partial charge is 0.364 e. The predicted octanol–water partition coefficient (Wildman–Crippen LogP) is 3.11. The van der Waals surface area contributed by atoms with Gasteiger partial charge in [0.1, 0.15) is 6.26 Å². The molecular weight excluding hydrogens is 406 g/mol. The molecule has 1 aromatic carbocycles. The van der Waals surface area contributed by atoms with Gasteiger partial charge in [-0.1, -0.05) is 53.1 Å². The molecule has 0 radical (unpaired) electrons. The molecule has 1 saturated heterocycles. The van der Waals surface area contributed by atoms with Crippen LogP contribution in [0.2, 0.25) is 0 Å². The lowest BCUT2D eigenvalue weighted by Crippen LogP contribution is -2.53. The van der Waals surface area contributed by atoms with Gasteiger partial charge in [-0.25, -0.2) is 0 Å². The Morgan fingerprint density at radius 2 is 1.96 bits per heavy atom. The average molecular weight is 434 g/mol. The van der Waals surface area contributed by atoms with Gasteiger partial charge >= 0.3 is 0 Å². The molecule has 0 aliphatic carbocycles. The molecule has 2 heterocycles. The number of nitrogens with one attached hydrogen (secondary N) is 1. The van der Waals surface area contributed by atoms with Gasteiger partial charge in [0.2, 0.25) is 0 Å². The Morgan fingerprint density at radius 1 is 1.22 bits per heavy atom. The summed E-state index contributed by atoms with van der Waals surface area (Å²) in [6.45, 7) is 10.0. The first-order valence-corrected chi connectivity index (χ1v) is 10.1. The maximum Gasteiger partial charge on any atom is 0.193 e. The molecule has 0 spiro atoms. The molecule has 0 atom stereocenters. The first-order valence-electron chi connectivity index (χ1n) is 9.32. The number of nitrogens with zero attached hydrogens (tertiary/aromatic N) is 4. The van der Waals surface area contributed by atoms with Crippen LogP contribution in [0.25, 0.3) is 0 Å². The fourth-order valence-corrected chi connectivity index (χ4v) is 4.23. The summed E-state index contributed by atoms with van der Waals surface area (Å²) in [6.07, 6.45) is 1.63. The monoisotopic (exact) mass is 433 g/mol. The molecule has 7 heteroatoms. The number of guanidine groups is 1. The maximum absolute atomic E-state index is 4.92. The van der Waals surface area contributed by atoms with Crippen molar-refractivity contribution >= 4 is 21.9 Å². The van der Waals surface area contributed by atoms with Crippen LogP contribution in [-0.4, -0.2) is 60.7 Å². The van der Waals surface area contributed by atoms with E-state index in [1.807, 2.05) is 13.1 Å². The molecule has 6 nitrogen and oxygen atoms in total. The Labute approximate surface area is 169 Å². The molecular formula is C20H28BrN5O. The fraction of sp³-hybridized carbons (Fsp3) is 0.500. The van der Waals surface area contributed by atoms with Crippen LogP contribution in [0, 0.1) is 0 Å². The topological polar surface area (TPSA) is 56.9 Å². The second-order valence-corrected chi connectivity index (χ2v) is 8.37. The number of rotatable bonds is 5. The third-order valence-electron chi connectivity index (χ3n) is 5.05. The van der Waals surface area contributed by atoms with Gasteiger partial charge in [-0.2, -0.15) is 0 Å². The zero-order valence-corrected chi connectivity index (χ0v) is 17.9. The summed E-state index contributed by atoms with van der Waals surface area (Å²) in [4.78, 5) is 9.23. The van der Waals surface area contributed by atoms with Crippen LogP contribution in [0.3, 0.4) is 0 Å². The van der Waals surface area contributed by atoms with E-state index in [0.29, 0.717) is 0 Å². The smallest absolute Gasteiger partial charge is 0.193 e. The molecule has 0 saturated carbocycles. The van der Waals surface area contributed by atoms with E-state index in [1.54, 1.807) is 6.26 Å². The number of piperazine rings is 1. The number of hydrogen-bond donors (Lipinski definition) is 1. The van der Waals surface area contributed by atoms with Crippen molar-refractivity contribution in [2.75, 3.05) is 39.8 Å². The lowest BCUT2D eigenvalue weighted by atomic mass is 9.84. The molecule has 3 rings (SSSR count). The van der Waals surface area contributed by atoms with Crippen LogP contribution in [-0.2, 0) is 12.0 Å². The standard InChI is InChI=1S/C20H28BrN5O/c1-20(2,17-6-4-5-7-18(17)21)15-23-19(22-3)26-11-9-25(10-12-26)14-16-8-13-27-24-16/h4-8,13H,9-12,14-15H2,1-3H3,(H,22,23). The zero-order chi connectivity index (χ0) is 19.3. The molecule has 146 valence electrons. The average Bonchev–Trinajstić information content (AvgIpc) is 3.17. The Hall–Kier alpha value is -1.86. The molecule has 0 unspecified atom stereocenters. The Balaban J connectivity index is 1.53. The number of aromatic nitrogens is 1. The second kappa shape index (κ2) is 8.89. The van der Waals surface area contributed by atoms with Gasteiger partial charge in [0, 0.05) is 62.3 Å². The summed E-state index contributed by atoms with van der Waals surface area (Å²) >= 11 is 3.68. The molecule has 1 aromatic heterocycles. The van der Waals surface area contributed by atoms with Crippen molar-refractivity contribution in [3.8, 4) is 0 Å². The minimum Gasteiger partial charge on any atom is -0.364 e. The van der Waals surface area contributed by atoms with E-state index in [4.69, 9.17) is 4.52 Å². The van der Waals surface area contributed by atoms with Crippen molar-refractivity contribution in [1.29, 1.82) is 0 Å². The quantitative estimate of drug-likeness (QED) is 0.579. The van der Waals surface area contributed by atoms with Gasteiger partial charge in [0.05, 0.1) is 5.69 Å². The Bertz CT molecular complexity index is 751. The van der Waals surface area contributed by atoms with Crippen LogP contribution in [0.5, 0.6) is 0 Å². The van der Waals surface area contributed by atoms with E-state index >= 15 is 0 Å². The summed E-state index contributed by atoms with van der Waals surface area (Å²) in [6, 6.07) is 10.3. The first-order chi connectivity index (χ1) is 13.0. The van der Waals surface area contributed by atoms with Gasteiger partial charge in [0.15, 0.2) is 5.96 Å². The number of benzene rings is 1. The van der Waals surface area contributed by atoms with Gasteiger partial charge in [-0.05, 0) is 11.6 Å². The minimum absolute atomic E-state index is 0.00912. The fourth-order valence-electron chi connectivity index (χ4n) is 3.40. The van der Waals surface area contributed by atoms with E-state index in [9.17, 15) is 0 Å². The number of aliphatic imine (C=N–C) groups is 1. The Morgan fingerprint density at radius 3 is 2.59 bits per heavy atom. The van der Waals surface area contributed by atoms with Gasteiger partial charge in [-0.3, -0.25) is 9.89 Å². The van der Waals surface area contributed by atoms with Crippen LogP contribution < -0.4 is 5.32 Å². The summed E-state index contributed by atoms with van der Waals surface area (Å²) < 4.78 is 6.07. The lowest BCUT2D eigenvalue weighted by Gasteiger charge is -2.37. The van der Waals surface area contributed by atoms with Crippen molar-refractivity contribution in [2.45, 2.75) is 25.8 Å². The highest BCUT2D eigenvalue weighted by Crippen LogP contribution is 2.29. The van der Waals surface area contributed by atoms with Crippen LogP contribution in [0.1, 0.15) is 25.1 Å². The summed E-state index contributed by atoms with van der Waals surface area (Å²) in [5.41, 5.74) is 2.27. The van der Waals surface area contributed by atoms with Crippen LogP contribution in [0.4, 0.5) is 0 Å². The summed E-state index contributed by atoms with van der Waals surface area (Å²) in [7, 11) is 1.86. The maximum atomic E-state index is 4.92. The van der Waals surface area contributed by atoms with Crippen molar-refractivity contribution in [1.82, 2.24) is 20.3 Å². The third-order valence-corrected chi connectivity index (χ3v) is 5.74. The molecule has 1 aliphatic rings. The molecule has 1 N–H and O–H groups in total. The normalized spacial score (nSPS) is 16.6. The molecule has 2 aromatic rings. The predicted molar refractivity (Wildman–Crippen MR) is 112 cm³/mol. The van der Waals surface area contributed by atoms with Crippen molar-refractivity contribution in [3.63, 3.8) is 0 Å². The Kier molecular flexibility index (Phi) is 6.55. The second-order valence-electron chi connectivity index (χ2n) is 7.52. The van der Waals surface area contributed by atoms with Crippen LogP contribution >= 0.6 is 15.9 Å². The van der Waals surface area contributed by atoms with E-state index in [1.165, 1.54) is 5.56 Å². The van der Waals surface area contributed by atoms with Gasteiger partial charge < -0.3 is 14.7 Å². The van der Waals surface area contributed by atoms with Gasteiger partial charge in [-0.15, -0.1) is 0 Å². The van der Waals surface area contributed by atoms with E-state index in [-0.39, 0.29) is 5.41 Å². The zero-order valence-electron chi connectivity index (χ0n) is 16.3. The molecule has 0 bridgehead atoms. The summed E-state index contributed by atoms with van der Waals surface area (Å²) in [5, 5.41) is 7.58. The SMILES string of the molecule is CN=C(NCC(C)(C)c1ccccc1Br)N1CCN(Cc2ccon2)CC1. The van der Waals surface area contributed by atoms with Crippen molar-refractivity contribution in [2.24, 2.45) is 4.99 Å². The molecule has 27 heavy (non-hydrogen) atoms. The van der Waals surface area contributed by atoms with E-state index < -0.39 is 0 Å². The molecule has 0 amide bonds. The third kappa shape index (κ3) is 5.11. The highest BCUT2D eigenvalue weighted by molar-refractivity contribution is 9.10.